The lowest BCUT2D eigenvalue weighted by Gasteiger charge is -2.25. The lowest BCUT2D eigenvalue weighted by atomic mass is 10.0. The van der Waals surface area contributed by atoms with Crippen molar-refractivity contribution in [1.29, 1.82) is 0 Å². The van der Waals surface area contributed by atoms with E-state index >= 15 is 0 Å². The van der Waals surface area contributed by atoms with Gasteiger partial charge in [0.05, 0.1) is 11.2 Å². The van der Waals surface area contributed by atoms with Crippen molar-refractivity contribution in [2.45, 2.75) is 18.9 Å². The summed E-state index contributed by atoms with van der Waals surface area (Å²) in [6, 6.07) is 22.6. The van der Waals surface area contributed by atoms with E-state index in [1.165, 1.54) is 17.5 Å². The van der Waals surface area contributed by atoms with Gasteiger partial charge in [0.25, 0.3) is 0 Å². The van der Waals surface area contributed by atoms with E-state index < -0.39 is 0 Å². The third-order valence-corrected chi connectivity index (χ3v) is 6.21. The van der Waals surface area contributed by atoms with Gasteiger partial charge >= 0.3 is 0 Å². The average molecular weight is 420 g/mol. The highest BCUT2D eigenvalue weighted by Gasteiger charge is 2.27. The second kappa shape index (κ2) is 7.46. The minimum Gasteiger partial charge on any atom is -0.311 e. The fourth-order valence-electron chi connectivity index (χ4n) is 4.63. The van der Waals surface area contributed by atoms with E-state index in [9.17, 15) is 4.79 Å². The summed E-state index contributed by atoms with van der Waals surface area (Å²) in [6.07, 6.45) is 4.17. The molecule has 2 aromatic heterocycles. The molecule has 0 spiro atoms. The summed E-state index contributed by atoms with van der Waals surface area (Å²) in [6.45, 7) is 0. The molecule has 1 aliphatic rings. The van der Waals surface area contributed by atoms with Gasteiger partial charge in [-0.1, -0.05) is 36.4 Å². The van der Waals surface area contributed by atoms with E-state index in [4.69, 9.17) is 0 Å². The summed E-state index contributed by atoms with van der Waals surface area (Å²) in [7, 11) is 0. The Morgan fingerprint density at radius 1 is 0.906 bits per heavy atom. The smallest absolute Gasteiger partial charge is 0.214 e. The highest BCUT2D eigenvalue weighted by molar-refractivity contribution is 5.96. The summed E-state index contributed by atoms with van der Waals surface area (Å²) in [5, 5.41) is 15.5. The van der Waals surface area contributed by atoms with Crippen molar-refractivity contribution in [3.63, 3.8) is 0 Å². The number of rotatable bonds is 5. The number of carbonyl (C=O) groups is 1. The minimum atomic E-state index is 0.120. The van der Waals surface area contributed by atoms with E-state index in [2.05, 4.69) is 49.6 Å². The molecular weight excluding hydrogens is 400 g/mol. The molecule has 7 nitrogen and oxygen atoms in total. The van der Waals surface area contributed by atoms with Gasteiger partial charge in [0.2, 0.25) is 6.41 Å². The molecule has 0 saturated carbocycles. The second-order valence-corrected chi connectivity index (χ2v) is 8.06. The zero-order valence-electron chi connectivity index (χ0n) is 17.2. The molecule has 0 bridgehead atoms. The van der Waals surface area contributed by atoms with Crippen LogP contribution in [-0.2, 0) is 17.6 Å². The van der Waals surface area contributed by atoms with Crippen LogP contribution in [0.3, 0.4) is 0 Å². The number of hydrogen-bond acceptors (Lipinski definition) is 4. The number of benzene rings is 3. The number of hydrogen-bond donors (Lipinski definition) is 2. The van der Waals surface area contributed by atoms with Crippen molar-refractivity contribution in [3.05, 3.63) is 84.2 Å². The van der Waals surface area contributed by atoms with Crippen LogP contribution >= 0.6 is 0 Å². The Bertz CT molecular complexity index is 1400. The third-order valence-electron chi connectivity index (χ3n) is 6.21. The Labute approximate surface area is 184 Å². The summed E-state index contributed by atoms with van der Waals surface area (Å²) >= 11 is 0. The minimum absolute atomic E-state index is 0.120. The summed E-state index contributed by atoms with van der Waals surface area (Å²) in [4.78, 5) is 18.2. The Hall–Kier alpha value is -4.26. The van der Waals surface area contributed by atoms with Gasteiger partial charge in [-0.3, -0.25) is 15.0 Å². The molecule has 1 amide bonds. The predicted molar refractivity (Wildman–Crippen MR) is 123 cm³/mol. The van der Waals surface area contributed by atoms with Crippen LogP contribution in [0, 0.1) is 0 Å². The molecule has 0 unspecified atom stereocenters. The molecule has 2 heterocycles. The topological polar surface area (TPSA) is 90.6 Å². The Balaban J connectivity index is 1.37. The Morgan fingerprint density at radius 3 is 2.50 bits per heavy atom. The number of nitrogens with one attached hydrogen (secondary N) is 2. The van der Waals surface area contributed by atoms with Gasteiger partial charge in [-0.25, -0.2) is 4.98 Å². The lowest BCUT2D eigenvalue weighted by Crippen LogP contribution is -2.34. The van der Waals surface area contributed by atoms with Crippen LogP contribution in [0.4, 0.5) is 5.69 Å². The number of amides is 1. The fourth-order valence-corrected chi connectivity index (χ4v) is 4.63. The number of nitrogens with zero attached hydrogens (tertiary/aromatic N) is 4. The van der Waals surface area contributed by atoms with Crippen LogP contribution in [0.1, 0.15) is 11.1 Å². The Morgan fingerprint density at radius 2 is 1.75 bits per heavy atom. The predicted octanol–water partition coefficient (Wildman–Crippen LogP) is 4.15. The van der Waals surface area contributed by atoms with Crippen LogP contribution in [-0.4, -0.2) is 37.8 Å². The first-order valence-electron chi connectivity index (χ1n) is 10.5. The van der Waals surface area contributed by atoms with Gasteiger partial charge in [-0.2, -0.15) is 10.2 Å². The molecule has 6 rings (SSSR count). The number of aromatic amines is 2. The molecular formula is C25H20N6O. The molecule has 3 aromatic carbocycles. The molecule has 7 heteroatoms. The highest BCUT2D eigenvalue weighted by Crippen LogP contribution is 2.33. The molecule has 0 saturated heterocycles. The molecule has 0 aliphatic heterocycles. The maximum atomic E-state index is 12.1. The molecule has 156 valence electrons. The number of H-pyrrole nitrogens is 2. The number of anilines is 1. The number of fused-ring (bicyclic) bond motifs is 2. The highest BCUT2D eigenvalue weighted by atomic mass is 16.1. The first-order valence-corrected chi connectivity index (χ1v) is 10.5. The first-order chi connectivity index (χ1) is 15.8. The standard InChI is InChI=1S/C25H20N6O/c32-15-31(21-10-16-4-1-2-5-17(16)11-21)20-7-3-6-18(12-20)24-22-13-19(25-26-14-27-30-25)8-9-23(22)28-29-24/h1-9,12-15,21H,10-11H2,(H,28,29)(H,26,27,30). The zero-order chi connectivity index (χ0) is 21.5. The first kappa shape index (κ1) is 18.5. The van der Waals surface area contributed by atoms with Gasteiger partial charge in [0, 0.05) is 28.2 Å². The quantitative estimate of drug-likeness (QED) is 0.418. The lowest BCUT2D eigenvalue weighted by molar-refractivity contribution is -0.107. The van der Waals surface area contributed by atoms with Gasteiger partial charge in [0.1, 0.15) is 6.33 Å². The third kappa shape index (κ3) is 3.06. The van der Waals surface area contributed by atoms with E-state index in [-0.39, 0.29) is 6.04 Å². The van der Waals surface area contributed by atoms with Crippen LogP contribution < -0.4 is 4.90 Å². The monoisotopic (exact) mass is 420 g/mol. The molecule has 0 atom stereocenters. The average Bonchev–Trinajstić information content (AvgIpc) is 3.58. The molecule has 0 radical (unpaired) electrons. The van der Waals surface area contributed by atoms with Gasteiger partial charge in [-0.15, -0.1) is 0 Å². The summed E-state index contributed by atoms with van der Waals surface area (Å²) in [5.74, 6) is 0.709. The molecule has 0 fully saturated rings. The number of aromatic nitrogens is 5. The molecule has 1 aliphatic carbocycles. The van der Waals surface area contributed by atoms with Crippen molar-refractivity contribution in [2.75, 3.05) is 4.90 Å². The van der Waals surface area contributed by atoms with Crippen molar-refractivity contribution in [1.82, 2.24) is 25.4 Å². The van der Waals surface area contributed by atoms with Crippen LogP contribution in [0.5, 0.6) is 0 Å². The van der Waals surface area contributed by atoms with Gasteiger partial charge < -0.3 is 4.90 Å². The maximum Gasteiger partial charge on any atom is 0.214 e. The fraction of sp³-hybridized carbons (Fsp3) is 0.120. The normalized spacial score (nSPS) is 13.4. The van der Waals surface area contributed by atoms with Crippen molar-refractivity contribution in [3.8, 4) is 22.6 Å². The maximum absolute atomic E-state index is 12.1. The molecule has 32 heavy (non-hydrogen) atoms. The van der Waals surface area contributed by atoms with Crippen LogP contribution in [0.25, 0.3) is 33.5 Å². The van der Waals surface area contributed by atoms with Gasteiger partial charge in [-0.05, 0) is 54.3 Å². The largest absolute Gasteiger partial charge is 0.311 e. The zero-order valence-corrected chi connectivity index (χ0v) is 17.2. The van der Waals surface area contributed by atoms with Crippen LogP contribution in [0.2, 0.25) is 0 Å². The number of carbonyl (C=O) groups excluding carboxylic acids is 1. The van der Waals surface area contributed by atoms with Crippen molar-refractivity contribution < 1.29 is 4.79 Å². The molecule has 2 N–H and O–H groups in total. The van der Waals surface area contributed by atoms with Crippen molar-refractivity contribution >= 4 is 23.0 Å². The van der Waals surface area contributed by atoms with E-state index in [0.717, 1.165) is 52.7 Å². The SMILES string of the molecule is O=CN(c1cccc(-c2n[nH]c3ccc(-c4ncn[nH]4)cc23)c1)C1Cc2ccccc2C1. The van der Waals surface area contributed by atoms with E-state index in [1.54, 1.807) is 0 Å². The van der Waals surface area contributed by atoms with Crippen molar-refractivity contribution in [2.24, 2.45) is 0 Å². The Kier molecular flexibility index (Phi) is 4.31. The van der Waals surface area contributed by atoms with Gasteiger partial charge in [0.15, 0.2) is 5.82 Å². The van der Waals surface area contributed by atoms with Crippen LogP contribution in [0.15, 0.2) is 73.1 Å². The van der Waals surface area contributed by atoms with E-state index in [0.29, 0.717) is 5.82 Å². The summed E-state index contributed by atoms with van der Waals surface area (Å²) in [5.41, 5.74) is 7.17. The molecule has 5 aromatic rings. The van der Waals surface area contributed by atoms with E-state index in [1.807, 2.05) is 47.4 Å². The second-order valence-electron chi connectivity index (χ2n) is 8.06. The summed E-state index contributed by atoms with van der Waals surface area (Å²) < 4.78 is 0.